The smallest absolute Gasteiger partial charge is 0.346 e. The van der Waals surface area contributed by atoms with E-state index in [1.807, 2.05) is 0 Å². The molecule has 0 aliphatic rings. The van der Waals surface area contributed by atoms with Gasteiger partial charge < -0.3 is 9.15 Å². The number of hydrogen-bond acceptors (Lipinski definition) is 3. The van der Waals surface area contributed by atoms with Crippen LogP contribution in [0, 0.1) is 12.7 Å². The molecule has 0 amide bonds. The van der Waals surface area contributed by atoms with Gasteiger partial charge in [-0.3, -0.25) is 0 Å². The quantitative estimate of drug-likeness (QED) is 0.743. The molecular weight excluding hydrogens is 259 g/mol. The highest BCUT2D eigenvalue weighted by Gasteiger charge is 2.13. The molecule has 0 atom stereocenters. The van der Waals surface area contributed by atoms with Gasteiger partial charge in [-0.1, -0.05) is 32.3 Å². The van der Waals surface area contributed by atoms with Crippen LogP contribution in [-0.4, -0.2) is 6.61 Å². The van der Waals surface area contributed by atoms with E-state index in [0.29, 0.717) is 17.8 Å². The molecule has 0 aliphatic heterocycles. The summed E-state index contributed by atoms with van der Waals surface area (Å²) in [6.45, 7) is 4.25. The summed E-state index contributed by atoms with van der Waals surface area (Å²) in [7, 11) is 0. The van der Waals surface area contributed by atoms with E-state index in [0.717, 1.165) is 25.7 Å². The van der Waals surface area contributed by atoms with Crippen LogP contribution in [0.2, 0.25) is 0 Å². The number of fused-ring (bicyclic) bond motifs is 1. The van der Waals surface area contributed by atoms with Gasteiger partial charge in [0.25, 0.3) is 0 Å². The number of unbranched alkanes of at least 4 members (excludes halogenated alkanes) is 3. The Labute approximate surface area is 117 Å². The van der Waals surface area contributed by atoms with E-state index in [1.54, 1.807) is 25.1 Å². The second-order valence-electron chi connectivity index (χ2n) is 4.90. The average molecular weight is 278 g/mol. The Kier molecular flexibility index (Phi) is 4.77. The van der Waals surface area contributed by atoms with Crippen molar-refractivity contribution in [1.29, 1.82) is 0 Å². The molecule has 0 fully saturated rings. The van der Waals surface area contributed by atoms with Gasteiger partial charge in [-0.2, -0.15) is 0 Å². The van der Waals surface area contributed by atoms with Crippen LogP contribution in [-0.2, 0) is 0 Å². The average Bonchev–Trinajstić information content (AvgIpc) is 2.40. The Morgan fingerprint density at radius 3 is 2.80 bits per heavy atom. The summed E-state index contributed by atoms with van der Waals surface area (Å²) in [5, 5.41) is 0.497. The van der Waals surface area contributed by atoms with Crippen molar-refractivity contribution in [2.24, 2.45) is 0 Å². The highest BCUT2D eigenvalue weighted by Crippen LogP contribution is 2.25. The van der Waals surface area contributed by atoms with Crippen LogP contribution in [0.25, 0.3) is 10.8 Å². The molecule has 0 saturated heterocycles. The summed E-state index contributed by atoms with van der Waals surface area (Å²) < 4.78 is 24.6. The molecule has 108 valence electrons. The van der Waals surface area contributed by atoms with Crippen LogP contribution >= 0.6 is 0 Å². The number of benzene rings is 1. The first-order valence-corrected chi connectivity index (χ1v) is 6.99. The highest BCUT2D eigenvalue weighted by atomic mass is 19.1. The molecule has 0 spiro atoms. The number of rotatable bonds is 6. The molecule has 1 aromatic carbocycles. The standard InChI is InChI=1S/C16H19FO3/c1-3-4-5-6-9-19-13-8-7-12-10-11(2)20-16(18)14(12)15(13)17/h7-8,10H,3-6,9H2,1-2H3. The minimum atomic E-state index is -0.658. The van der Waals surface area contributed by atoms with Gasteiger partial charge in [0.2, 0.25) is 0 Å². The molecule has 0 unspecified atom stereocenters. The second kappa shape index (κ2) is 6.55. The van der Waals surface area contributed by atoms with Gasteiger partial charge in [0.1, 0.15) is 11.1 Å². The predicted molar refractivity (Wildman–Crippen MR) is 76.8 cm³/mol. The monoisotopic (exact) mass is 278 g/mol. The zero-order chi connectivity index (χ0) is 14.5. The van der Waals surface area contributed by atoms with Crippen molar-refractivity contribution >= 4 is 10.8 Å². The van der Waals surface area contributed by atoms with E-state index < -0.39 is 11.4 Å². The summed E-state index contributed by atoms with van der Waals surface area (Å²) in [4.78, 5) is 11.7. The first-order valence-electron chi connectivity index (χ1n) is 6.99. The van der Waals surface area contributed by atoms with Gasteiger partial charge in [-0.05, 0) is 30.9 Å². The summed E-state index contributed by atoms with van der Waals surface area (Å²) in [5.41, 5.74) is -0.658. The molecule has 1 heterocycles. The predicted octanol–water partition coefficient (Wildman–Crippen LogP) is 4.20. The minimum Gasteiger partial charge on any atom is -0.490 e. The fraction of sp³-hybridized carbons (Fsp3) is 0.438. The molecule has 0 aliphatic carbocycles. The van der Waals surface area contributed by atoms with Gasteiger partial charge in [0.15, 0.2) is 11.6 Å². The molecule has 2 rings (SSSR count). The van der Waals surface area contributed by atoms with Crippen molar-refractivity contribution in [1.82, 2.24) is 0 Å². The molecule has 1 aromatic heterocycles. The minimum absolute atomic E-state index is 0.0401. The largest absolute Gasteiger partial charge is 0.490 e. The zero-order valence-corrected chi connectivity index (χ0v) is 11.9. The van der Waals surface area contributed by atoms with E-state index in [-0.39, 0.29) is 11.1 Å². The Balaban J connectivity index is 2.19. The molecule has 3 nitrogen and oxygen atoms in total. The van der Waals surface area contributed by atoms with Crippen molar-refractivity contribution in [3.8, 4) is 5.75 Å². The molecule has 2 aromatic rings. The van der Waals surface area contributed by atoms with Crippen LogP contribution in [0.15, 0.2) is 27.4 Å². The zero-order valence-electron chi connectivity index (χ0n) is 11.9. The van der Waals surface area contributed by atoms with Gasteiger partial charge in [0, 0.05) is 0 Å². The SMILES string of the molecule is CCCCCCOc1ccc2cc(C)oc(=O)c2c1F. The number of hydrogen-bond donors (Lipinski definition) is 0. The number of halogens is 1. The maximum absolute atomic E-state index is 14.3. The van der Waals surface area contributed by atoms with Crippen LogP contribution in [0.1, 0.15) is 38.4 Å². The summed E-state index contributed by atoms with van der Waals surface area (Å²) >= 11 is 0. The fourth-order valence-corrected chi connectivity index (χ4v) is 2.17. The van der Waals surface area contributed by atoms with E-state index in [4.69, 9.17) is 9.15 Å². The lowest BCUT2D eigenvalue weighted by Crippen LogP contribution is -2.06. The van der Waals surface area contributed by atoms with Gasteiger partial charge in [-0.15, -0.1) is 0 Å². The normalized spacial score (nSPS) is 10.9. The summed E-state index contributed by atoms with van der Waals surface area (Å²) in [6.07, 6.45) is 4.23. The molecule has 4 heteroatoms. The lowest BCUT2D eigenvalue weighted by molar-refractivity contribution is 0.291. The Morgan fingerprint density at radius 2 is 2.05 bits per heavy atom. The molecule has 0 radical (unpaired) electrons. The van der Waals surface area contributed by atoms with Gasteiger partial charge >= 0.3 is 5.63 Å². The van der Waals surface area contributed by atoms with E-state index in [1.165, 1.54) is 0 Å². The topological polar surface area (TPSA) is 39.4 Å². The third-order valence-corrected chi connectivity index (χ3v) is 3.21. The van der Waals surface area contributed by atoms with Gasteiger partial charge in [0.05, 0.1) is 6.61 Å². The third kappa shape index (κ3) is 3.18. The molecule has 0 N–H and O–H groups in total. The van der Waals surface area contributed by atoms with Crippen molar-refractivity contribution in [2.45, 2.75) is 39.5 Å². The lowest BCUT2D eigenvalue weighted by atomic mass is 10.1. The Bertz CT molecular complexity index is 646. The van der Waals surface area contributed by atoms with Crippen molar-refractivity contribution < 1.29 is 13.5 Å². The second-order valence-corrected chi connectivity index (χ2v) is 4.90. The summed E-state index contributed by atoms with van der Waals surface area (Å²) in [5.74, 6) is -0.0490. The van der Waals surface area contributed by atoms with E-state index >= 15 is 0 Å². The van der Waals surface area contributed by atoms with Crippen LogP contribution in [0.5, 0.6) is 5.75 Å². The first-order chi connectivity index (χ1) is 9.63. The maximum Gasteiger partial charge on any atom is 0.346 e. The van der Waals surface area contributed by atoms with Crippen molar-refractivity contribution in [3.05, 3.63) is 40.2 Å². The van der Waals surface area contributed by atoms with Crippen molar-refractivity contribution in [2.75, 3.05) is 6.61 Å². The maximum atomic E-state index is 14.3. The van der Waals surface area contributed by atoms with Crippen molar-refractivity contribution in [3.63, 3.8) is 0 Å². The number of ether oxygens (including phenoxy) is 1. The molecule has 0 bridgehead atoms. The Morgan fingerprint density at radius 1 is 1.25 bits per heavy atom. The molecular formula is C16H19FO3. The Hall–Kier alpha value is -1.84. The summed E-state index contributed by atoms with van der Waals surface area (Å²) in [6, 6.07) is 4.89. The third-order valence-electron chi connectivity index (χ3n) is 3.21. The first kappa shape index (κ1) is 14.6. The van der Waals surface area contributed by atoms with E-state index in [2.05, 4.69) is 6.92 Å². The lowest BCUT2D eigenvalue weighted by Gasteiger charge is -2.08. The van der Waals surface area contributed by atoms with Crippen LogP contribution in [0.3, 0.4) is 0 Å². The number of aryl methyl sites for hydroxylation is 1. The molecule has 20 heavy (non-hydrogen) atoms. The van der Waals surface area contributed by atoms with E-state index in [9.17, 15) is 9.18 Å². The highest BCUT2D eigenvalue weighted by molar-refractivity contribution is 5.83. The van der Waals surface area contributed by atoms with Gasteiger partial charge in [-0.25, -0.2) is 9.18 Å². The van der Waals surface area contributed by atoms with Crippen LogP contribution in [0.4, 0.5) is 4.39 Å². The molecule has 0 saturated carbocycles. The van der Waals surface area contributed by atoms with Crippen LogP contribution < -0.4 is 10.4 Å². The fourth-order valence-electron chi connectivity index (χ4n) is 2.17.